The van der Waals surface area contributed by atoms with E-state index >= 15 is 0 Å². The van der Waals surface area contributed by atoms with Crippen LogP contribution in [0.1, 0.15) is 25.7 Å². The van der Waals surface area contributed by atoms with Gasteiger partial charge in [-0.3, -0.25) is 9.69 Å². The number of nitrogens with zero attached hydrogens (tertiary/aromatic N) is 1. The molecule has 128 valence electrons. The minimum Gasteiger partial charge on any atom is -0.376 e. The zero-order chi connectivity index (χ0) is 16.0. The summed E-state index contributed by atoms with van der Waals surface area (Å²) >= 11 is 0. The number of nitrogens with one attached hydrogen (secondary N) is 1. The van der Waals surface area contributed by atoms with Crippen molar-refractivity contribution >= 4 is 5.91 Å². The number of carbonyl (C=O) groups excluding carboxylic acids is 1. The fourth-order valence-corrected chi connectivity index (χ4v) is 2.71. The van der Waals surface area contributed by atoms with E-state index in [1.165, 1.54) is 0 Å². The van der Waals surface area contributed by atoms with Crippen molar-refractivity contribution < 1.29 is 27.4 Å². The SMILES string of the molecule is O=C(CN1CCC(OC[C@H]2CCCO2)CC1)NCC(F)(F)F. The zero-order valence-corrected chi connectivity index (χ0v) is 12.5. The first-order valence-electron chi connectivity index (χ1n) is 7.71. The van der Waals surface area contributed by atoms with E-state index in [0.29, 0.717) is 19.7 Å². The largest absolute Gasteiger partial charge is 0.405 e. The Morgan fingerprint density at radius 2 is 2.00 bits per heavy atom. The highest BCUT2D eigenvalue weighted by atomic mass is 19.4. The summed E-state index contributed by atoms with van der Waals surface area (Å²) in [7, 11) is 0. The molecule has 1 amide bonds. The molecule has 2 aliphatic rings. The van der Waals surface area contributed by atoms with Crippen molar-refractivity contribution in [3.8, 4) is 0 Å². The zero-order valence-electron chi connectivity index (χ0n) is 12.5. The maximum atomic E-state index is 12.0. The maximum Gasteiger partial charge on any atom is 0.405 e. The van der Waals surface area contributed by atoms with E-state index in [1.54, 1.807) is 0 Å². The van der Waals surface area contributed by atoms with Gasteiger partial charge in [-0.05, 0) is 25.7 Å². The first-order valence-corrected chi connectivity index (χ1v) is 7.71. The van der Waals surface area contributed by atoms with Gasteiger partial charge in [0.1, 0.15) is 6.54 Å². The van der Waals surface area contributed by atoms with E-state index in [0.717, 1.165) is 32.3 Å². The van der Waals surface area contributed by atoms with Gasteiger partial charge in [-0.2, -0.15) is 13.2 Å². The quantitative estimate of drug-likeness (QED) is 0.801. The molecule has 0 aromatic rings. The molecule has 22 heavy (non-hydrogen) atoms. The molecule has 5 nitrogen and oxygen atoms in total. The lowest BCUT2D eigenvalue weighted by molar-refractivity contribution is -0.139. The van der Waals surface area contributed by atoms with Crippen LogP contribution in [-0.4, -0.2) is 68.6 Å². The summed E-state index contributed by atoms with van der Waals surface area (Å²) in [6.07, 6.45) is -0.306. The lowest BCUT2D eigenvalue weighted by atomic mass is 10.1. The topological polar surface area (TPSA) is 50.8 Å². The summed E-state index contributed by atoms with van der Waals surface area (Å²) in [4.78, 5) is 13.3. The molecule has 0 aliphatic carbocycles. The molecule has 1 atom stereocenters. The molecule has 0 saturated carbocycles. The van der Waals surface area contributed by atoms with Gasteiger partial charge in [-0.15, -0.1) is 0 Å². The van der Waals surface area contributed by atoms with E-state index in [2.05, 4.69) is 0 Å². The molecule has 2 rings (SSSR count). The third-order valence-electron chi connectivity index (χ3n) is 3.93. The Labute approximate surface area is 128 Å². The predicted octanol–water partition coefficient (Wildman–Crippen LogP) is 1.32. The van der Waals surface area contributed by atoms with Crippen molar-refractivity contribution in [1.82, 2.24) is 10.2 Å². The Morgan fingerprint density at radius 1 is 1.27 bits per heavy atom. The van der Waals surface area contributed by atoms with Crippen LogP contribution in [0.4, 0.5) is 13.2 Å². The average Bonchev–Trinajstić information content (AvgIpc) is 2.97. The number of carbonyl (C=O) groups is 1. The van der Waals surface area contributed by atoms with Crippen LogP contribution in [0.2, 0.25) is 0 Å². The lowest BCUT2D eigenvalue weighted by Crippen LogP contribution is -2.45. The molecule has 8 heteroatoms. The first-order chi connectivity index (χ1) is 10.4. The Hall–Kier alpha value is -0.860. The molecule has 2 fully saturated rings. The first kappa shape index (κ1) is 17.5. The molecule has 0 aromatic heterocycles. The maximum absolute atomic E-state index is 12.0. The van der Waals surface area contributed by atoms with Crippen LogP contribution in [0.5, 0.6) is 0 Å². The van der Waals surface area contributed by atoms with Gasteiger partial charge in [-0.1, -0.05) is 0 Å². The Balaban J connectivity index is 1.57. The van der Waals surface area contributed by atoms with Crippen molar-refractivity contribution in [3.63, 3.8) is 0 Å². The normalized spacial score (nSPS) is 24.6. The van der Waals surface area contributed by atoms with Crippen LogP contribution in [0.3, 0.4) is 0 Å². The molecule has 0 aromatic carbocycles. The number of alkyl halides is 3. The standard InChI is InChI=1S/C14H23F3N2O3/c15-14(16,17)10-18-13(20)8-19-5-3-11(4-6-19)22-9-12-2-1-7-21-12/h11-12H,1-10H2,(H,18,20)/t12-/m1/s1. The van der Waals surface area contributed by atoms with Crippen LogP contribution in [0.25, 0.3) is 0 Å². The van der Waals surface area contributed by atoms with Crippen molar-refractivity contribution in [2.24, 2.45) is 0 Å². The summed E-state index contributed by atoms with van der Waals surface area (Å²) in [6, 6.07) is 0. The summed E-state index contributed by atoms with van der Waals surface area (Å²) in [6.45, 7) is 1.48. The van der Waals surface area contributed by atoms with Gasteiger partial charge in [0, 0.05) is 19.7 Å². The highest BCUT2D eigenvalue weighted by Gasteiger charge is 2.28. The molecule has 0 spiro atoms. The number of likely N-dealkylation sites (tertiary alicyclic amines) is 1. The molecule has 0 bridgehead atoms. The van der Waals surface area contributed by atoms with E-state index in [-0.39, 0.29) is 18.8 Å². The molecule has 0 radical (unpaired) electrons. The van der Waals surface area contributed by atoms with Gasteiger partial charge < -0.3 is 14.8 Å². The van der Waals surface area contributed by atoms with Crippen molar-refractivity contribution in [3.05, 3.63) is 0 Å². The second-order valence-electron chi connectivity index (χ2n) is 5.84. The number of piperidine rings is 1. The number of ether oxygens (including phenoxy) is 2. The van der Waals surface area contributed by atoms with Crippen LogP contribution in [0.15, 0.2) is 0 Å². The lowest BCUT2D eigenvalue weighted by Gasteiger charge is -2.31. The van der Waals surface area contributed by atoms with Gasteiger partial charge >= 0.3 is 6.18 Å². The van der Waals surface area contributed by atoms with Crippen LogP contribution in [-0.2, 0) is 14.3 Å². The third kappa shape index (κ3) is 6.50. The van der Waals surface area contributed by atoms with E-state index in [4.69, 9.17) is 9.47 Å². The van der Waals surface area contributed by atoms with E-state index in [1.807, 2.05) is 10.2 Å². The molecule has 1 N–H and O–H groups in total. The number of halogens is 3. The molecular weight excluding hydrogens is 301 g/mol. The van der Waals surface area contributed by atoms with Crippen LogP contribution in [0, 0.1) is 0 Å². The summed E-state index contributed by atoms with van der Waals surface area (Å²) in [5.74, 6) is -0.587. The minimum atomic E-state index is -4.36. The second kappa shape index (κ2) is 8.12. The smallest absolute Gasteiger partial charge is 0.376 e. The van der Waals surface area contributed by atoms with Crippen molar-refractivity contribution in [1.29, 1.82) is 0 Å². The third-order valence-corrected chi connectivity index (χ3v) is 3.93. The van der Waals surface area contributed by atoms with Gasteiger partial charge in [0.05, 0.1) is 25.4 Å². The van der Waals surface area contributed by atoms with E-state index < -0.39 is 18.6 Å². The number of rotatable bonds is 6. The van der Waals surface area contributed by atoms with Crippen LogP contribution < -0.4 is 5.32 Å². The summed E-state index contributed by atoms with van der Waals surface area (Å²) < 4.78 is 47.3. The number of hydrogen-bond acceptors (Lipinski definition) is 4. The number of amides is 1. The fourth-order valence-electron chi connectivity index (χ4n) is 2.71. The highest BCUT2D eigenvalue weighted by Crippen LogP contribution is 2.17. The summed E-state index contributed by atoms with van der Waals surface area (Å²) in [5, 5.41) is 1.89. The van der Waals surface area contributed by atoms with Gasteiger partial charge in [0.15, 0.2) is 0 Å². The van der Waals surface area contributed by atoms with Crippen molar-refractivity contribution in [2.45, 2.75) is 44.1 Å². The minimum absolute atomic E-state index is 0.00847. The Kier molecular flexibility index (Phi) is 6.46. The Morgan fingerprint density at radius 3 is 2.59 bits per heavy atom. The van der Waals surface area contributed by atoms with E-state index in [9.17, 15) is 18.0 Å². The van der Waals surface area contributed by atoms with Crippen molar-refractivity contribution in [2.75, 3.05) is 39.4 Å². The van der Waals surface area contributed by atoms with Gasteiger partial charge in [0.2, 0.25) is 5.91 Å². The van der Waals surface area contributed by atoms with Crippen LogP contribution >= 0.6 is 0 Å². The second-order valence-corrected chi connectivity index (χ2v) is 5.84. The molecule has 2 aliphatic heterocycles. The number of hydrogen-bond donors (Lipinski definition) is 1. The molecular formula is C14H23F3N2O3. The monoisotopic (exact) mass is 324 g/mol. The molecule has 0 unspecified atom stereocenters. The average molecular weight is 324 g/mol. The Bertz CT molecular complexity index is 352. The van der Waals surface area contributed by atoms with Gasteiger partial charge in [0.25, 0.3) is 0 Å². The summed E-state index contributed by atoms with van der Waals surface area (Å²) in [5.41, 5.74) is 0. The van der Waals surface area contributed by atoms with Gasteiger partial charge in [-0.25, -0.2) is 0 Å². The molecule has 2 saturated heterocycles. The highest BCUT2D eigenvalue weighted by molar-refractivity contribution is 5.78. The fraction of sp³-hybridized carbons (Fsp3) is 0.929. The predicted molar refractivity (Wildman–Crippen MR) is 73.5 cm³/mol. The molecule has 2 heterocycles.